The van der Waals surface area contributed by atoms with E-state index in [0.717, 1.165) is 67.2 Å². The van der Waals surface area contributed by atoms with E-state index in [1.807, 2.05) is 18.2 Å². The van der Waals surface area contributed by atoms with E-state index in [-0.39, 0.29) is 12.8 Å². The summed E-state index contributed by atoms with van der Waals surface area (Å²) in [4.78, 5) is 2.30. The smallest absolute Gasteiger partial charge is 0.120 e. The van der Waals surface area contributed by atoms with Gasteiger partial charge >= 0.3 is 0 Å². The molecule has 3 aromatic carbocycles. The number of aryl methyl sites for hydroxylation is 1. The van der Waals surface area contributed by atoms with Gasteiger partial charge < -0.3 is 4.74 Å². The van der Waals surface area contributed by atoms with Crippen LogP contribution in [0.3, 0.4) is 0 Å². The Balaban J connectivity index is 1.52. The summed E-state index contributed by atoms with van der Waals surface area (Å²) in [7, 11) is 0. The third kappa shape index (κ3) is 5.06. The summed E-state index contributed by atoms with van der Waals surface area (Å²) in [5, 5.41) is 0.793. The van der Waals surface area contributed by atoms with Crippen LogP contribution >= 0.6 is 11.6 Å². The molecule has 1 aliphatic carbocycles. The van der Waals surface area contributed by atoms with Crippen LogP contribution in [0.4, 0.5) is 4.39 Å². The standard InChI is InChI=1S/C30H31ClFNO/c31-29-15-4-3-13-27(29)28-14-6-9-22-8-1-2-12-26(22)30(28)23-10-5-11-24(20-23)34-25-16-19-33(21-25)18-7-17-32/h1-5,8,10-13,15,20,25H,6-7,9,14,16-19,21H2/t25-/m1/s1. The van der Waals surface area contributed by atoms with E-state index < -0.39 is 0 Å². The Morgan fingerprint density at radius 3 is 2.62 bits per heavy atom. The number of halogens is 2. The molecule has 0 spiro atoms. The van der Waals surface area contributed by atoms with Crippen molar-refractivity contribution in [2.24, 2.45) is 0 Å². The van der Waals surface area contributed by atoms with Crippen molar-refractivity contribution in [2.45, 2.75) is 38.2 Å². The van der Waals surface area contributed by atoms with E-state index in [4.69, 9.17) is 16.3 Å². The minimum absolute atomic E-state index is 0.147. The van der Waals surface area contributed by atoms with Gasteiger partial charge in [-0.15, -0.1) is 0 Å². The monoisotopic (exact) mass is 475 g/mol. The lowest BCUT2D eigenvalue weighted by atomic mass is 9.88. The van der Waals surface area contributed by atoms with Crippen molar-refractivity contribution in [1.29, 1.82) is 0 Å². The first-order valence-electron chi connectivity index (χ1n) is 12.3. The van der Waals surface area contributed by atoms with Gasteiger partial charge in [-0.25, -0.2) is 0 Å². The molecule has 3 aromatic rings. The van der Waals surface area contributed by atoms with Crippen LogP contribution in [0.15, 0.2) is 72.8 Å². The lowest BCUT2D eigenvalue weighted by Gasteiger charge is -2.19. The largest absolute Gasteiger partial charge is 0.489 e. The molecule has 5 rings (SSSR count). The van der Waals surface area contributed by atoms with Gasteiger partial charge in [-0.05, 0) is 83.7 Å². The van der Waals surface area contributed by atoms with Crippen molar-refractivity contribution >= 4 is 22.7 Å². The predicted octanol–water partition coefficient (Wildman–Crippen LogP) is 7.45. The van der Waals surface area contributed by atoms with E-state index in [2.05, 4.69) is 59.5 Å². The summed E-state index contributed by atoms with van der Waals surface area (Å²) in [6.07, 6.45) is 4.85. The number of alkyl halides is 1. The molecule has 1 saturated heterocycles. The molecule has 4 heteroatoms. The number of nitrogens with zero attached hydrogens (tertiary/aromatic N) is 1. The molecule has 2 nitrogen and oxygen atoms in total. The first-order valence-corrected chi connectivity index (χ1v) is 12.7. The van der Waals surface area contributed by atoms with Crippen molar-refractivity contribution in [3.05, 3.63) is 100 Å². The van der Waals surface area contributed by atoms with E-state index >= 15 is 0 Å². The normalized spacial score (nSPS) is 18.6. The maximum atomic E-state index is 12.6. The molecule has 0 amide bonds. The van der Waals surface area contributed by atoms with Gasteiger partial charge in [0.15, 0.2) is 0 Å². The molecular weight excluding hydrogens is 445 g/mol. The highest BCUT2D eigenvalue weighted by Crippen LogP contribution is 2.42. The molecule has 1 fully saturated rings. The SMILES string of the molecule is FCCCN1CC[C@@H](Oc2cccc(C3=C(c4ccccc4Cl)CCCc4ccccc43)c2)C1. The minimum Gasteiger partial charge on any atom is -0.489 e. The average Bonchev–Trinajstić information content (AvgIpc) is 3.21. The molecule has 0 bridgehead atoms. The summed E-state index contributed by atoms with van der Waals surface area (Å²) in [5.41, 5.74) is 7.49. The van der Waals surface area contributed by atoms with Gasteiger partial charge in [-0.1, -0.05) is 66.2 Å². The molecule has 0 unspecified atom stereocenters. The highest BCUT2D eigenvalue weighted by molar-refractivity contribution is 6.32. The molecule has 1 atom stereocenters. The number of hydrogen-bond acceptors (Lipinski definition) is 2. The molecule has 1 aliphatic heterocycles. The highest BCUT2D eigenvalue weighted by atomic mass is 35.5. The van der Waals surface area contributed by atoms with Crippen LogP contribution in [0.1, 0.15) is 47.9 Å². The Labute approximate surface area is 207 Å². The first kappa shape index (κ1) is 23.1. The molecule has 34 heavy (non-hydrogen) atoms. The van der Waals surface area contributed by atoms with Crippen LogP contribution in [-0.4, -0.2) is 37.3 Å². The van der Waals surface area contributed by atoms with Crippen LogP contribution < -0.4 is 4.74 Å². The van der Waals surface area contributed by atoms with Crippen molar-refractivity contribution in [2.75, 3.05) is 26.3 Å². The van der Waals surface area contributed by atoms with E-state index in [1.54, 1.807) is 0 Å². The van der Waals surface area contributed by atoms with Crippen LogP contribution in [-0.2, 0) is 6.42 Å². The Hall–Kier alpha value is -2.62. The zero-order valence-corrected chi connectivity index (χ0v) is 20.2. The van der Waals surface area contributed by atoms with Crippen LogP contribution in [0.2, 0.25) is 5.02 Å². The van der Waals surface area contributed by atoms with Crippen molar-refractivity contribution in [3.8, 4) is 5.75 Å². The fraction of sp³-hybridized carbons (Fsp3) is 0.333. The predicted molar refractivity (Wildman–Crippen MR) is 139 cm³/mol. The Morgan fingerprint density at radius 1 is 0.941 bits per heavy atom. The zero-order valence-electron chi connectivity index (χ0n) is 19.5. The fourth-order valence-electron chi connectivity index (χ4n) is 5.33. The van der Waals surface area contributed by atoms with Crippen molar-refractivity contribution in [1.82, 2.24) is 4.90 Å². The Morgan fingerprint density at radius 2 is 1.76 bits per heavy atom. The Bertz CT molecular complexity index is 1170. The summed E-state index contributed by atoms with van der Waals surface area (Å²) in [6.45, 7) is 2.38. The van der Waals surface area contributed by atoms with Gasteiger partial charge in [0.1, 0.15) is 11.9 Å². The molecule has 0 aromatic heterocycles. The first-order chi connectivity index (χ1) is 16.7. The number of benzene rings is 3. The number of allylic oxidation sites excluding steroid dienone is 1. The summed E-state index contributed by atoms with van der Waals surface area (Å²) in [6, 6.07) is 25.4. The Kier molecular flexibility index (Phi) is 7.32. The van der Waals surface area contributed by atoms with E-state index in [9.17, 15) is 4.39 Å². The molecular formula is C30H31ClFNO. The minimum atomic E-state index is -0.256. The summed E-state index contributed by atoms with van der Waals surface area (Å²) in [5.74, 6) is 0.891. The van der Waals surface area contributed by atoms with Crippen molar-refractivity contribution < 1.29 is 9.13 Å². The molecule has 0 N–H and O–H groups in total. The second-order valence-electron chi connectivity index (χ2n) is 9.24. The van der Waals surface area contributed by atoms with Gasteiger partial charge in [-0.2, -0.15) is 0 Å². The van der Waals surface area contributed by atoms with Gasteiger partial charge in [0.2, 0.25) is 0 Å². The number of fused-ring (bicyclic) bond motifs is 1. The second-order valence-corrected chi connectivity index (χ2v) is 9.65. The topological polar surface area (TPSA) is 12.5 Å². The molecule has 0 saturated carbocycles. The number of rotatable bonds is 7. The third-order valence-corrected chi connectivity index (χ3v) is 7.25. The molecule has 0 radical (unpaired) electrons. The summed E-state index contributed by atoms with van der Waals surface area (Å²) >= 11 is 6.70. The van der Waals surface area contributed by atoms with Gasteiger partial charge in [0, 0.05) is 24.7 Å². The molecule has 1 heterocycles. The zero-order chi connectivity index (χ0) is 23.3. The fourth-order valence-corrected chi connectivity index (χ4v) is 5.58. The molecule has 176 valence electrons. The third-order valence-electron chi connectivity index (χ3n) is 6.92. The van der Waals surface area contributed by atoms with Crippen LogP contribution in [0, 0.1) is 0 Å². The highest BCUT2D eigenvalue weighted by Gasteiger charge is 2.25. The second kappa shape index (κ2) is 10.8. The number of hydrogen-bond donors (Lipinski definition) is 0. The quantitative estimate of drug-likeness (QED) is 0.352. The lowest BCUT2D eigenvalue weighted by molar-refractivity contribution is 0.198. The number of ether oxygens (including phenoxy) is 1. The van der Waals surface area contributed by atoms with Crippen molar-refractivity contribution in [3.63, 3.8) is 0 Å². The van der Waals surface area contributed by atoms with E-state index in [0.29, 0.717) is 6.42 Å². The maximum Gasteiger partial charge on any atom is 0.120 e. The summed E-state index contributed by atoms with van der Waals surface area (Å²) < 4.78 is 19.0. The lowest BCUT2D eigenvalue weighted by Crippen LogP contribution is -2.26. The van der Waals surface area contributed by atoms with E-state index in [1.165, 1.54) is 22.3 Å². The van der Waals surface area contributed by atoms with Gasteiger partial charge in [0.05, 0.1) is 6.67 Å². The van der Waals surface area contributed by atoms with Crippen LogP contribution in [0.25, 0.3) is 11.1 Å². The van der Waals surface area contributed by atoms with Gasteiger partial charge in [0.25, 0.3) is 0 Å². The van der Waals surface area contributed by atoms with Gasteiger partial charge in [-0.3, -0.25) is 9.29 Å². The number of likely N-dealkylation sites (tertiary alicyclic amines) is 1. The van der Waals surface area contributed by atoms with Crippen LogP contribution in [0.5, 0.6) is 5.75 Å². The average molecular weight is 476 g/mol. The molecule has 2 aliphatic rings. The maximum absolute atomic E-state index is 12.6.